The molecule has 2 aromatic rings. The Morgan fingerprint density at radius 1 is 1.50 bits per heavy atom. The topological polar surface area (TPSA) is 39.1 Å². The highest BCUT2D eigenvalue weighted by molar-refractivity contribution is 9.10. The molecule has 2 atom stereocenters. The van der Waals surface area contributed by atoms with Crippen molar-refractivity contribution in [1.82, 2.24) is 15.1 Å². The van der Waals surface area contributed by atoms with Crippen molar-refractivity contribution in [3.63, 3.8) is 0 Å². The summed E-state index contributed by atoms with van der Waals surface area (Å²) in [5, 5.41) is 7.72. The van der Waals surface area contributed by atoms with Crippen molar-refractivity contribution in [2.45, 2.75) is 32.0 Å². The van der Waals surface area contributed by atoms with E-state index in [1.54, 1.807) is 0 Å². The third kappa shape index (κ3) is 2.47. The Balaban J connectivity index is 1.92. The Labute approximate surface area is 127 Å². The fourth-order valence-corrected chi connectivity index (χ4v) is 3.02. The van der Waals surface area contributed by atoms with Crippen LogP contribution in [0.25, 0.3) is 0 Å². The summed E-state index contributed by atoms with van der Waals surface area (Å²) >= 11 is 3.52. The number of aryl methyl sites for hydroxylation is 1. The predicted octanol–water partition coefficient (Wildman–Crippen LogP) is 3.45. The summed E-state index contributed by atoms with van der Waals surface area (Å²) in [6, 6.07) is 6.47. The Morgan fingerprint density at radius 2 is 2.35 bits per heavy atom. The monoisotopic (exact) mass is 335 g/mol. The van der Waals surface area contributed by atoms with E-state index in [0.717, 1.165) is 28.8 Å². The number of fused-ring (bicyclic) bond motifs is 1. The van der Waals surface area contributed by atoms with Crippen LogP contribution < -0.4 is 10.1 Å². The van der Waals surface area contributed by atoms with Gasteiger partial charge < -0.3 is 10.1 Å². The van der Waals surface area contributed by atoms with E-state index in [1.807, 2.05) is 30.1 Å². The van der Waals surface area contributed by atoms with Gasteiger partial charge in [0.05, 0.1) is 6.20 Å². The molecule has 0 bridgehead atoms. The van der Waals surface area contributed by atoms with E-state index in [4.69, 9.17) is 4.74 Å². The van der Waals surface area contributed by atoms with Crippen LogP contribution in [0.4, 0.5) is 0 Å². The van der Waals surface area contributed by atoms with Gasteiger partial charge >= 0.3 is 0 Å². The van der Waals surface area contributed by atoms with Gasteiger partial charge in [-0.05, 0) is 32.2 Å². The van der Waals surface area contributed by atoms with Crippen LogP contribution in [0.5, 0.6) is 5.75 Å². The molecule has 1 aliphatic rings. The number of benzene rings is 1. The van der Waals surface area contributed by atoms with Crippen LogP contribution in [-0.2, 0) is 6.54 Å². The maximum absolute atomic E-state index is 6.15. The highest BCUT2D eigenvalue weighted by Crippen LogP contribution is 2.41. The molecular formula is C15H18BrN3O. The fourth-order valence-electron chi connectivity index (χ4n) is 2.64. The Morgan fingerprint density at radius 3 is 3.05 bits per heavy atom. The van der Waals surface area contributed by atoms with Gasteiger partial charge in [0.2, 0.25) is 0 Å². The van der Waals surface area contributed by atoms with E-state index in [9.17, 15) is 0 Å². The van der Waals surface area contributed by atoms with Gasteiger partial charge in [-0.3, -0.25) is 4.68 Å². The van der Waals surface area contributed by atoms with Gasteiger partial charge in [-0.15, -0.1) is 0 Å². The van der Waals surface area contributed by atoms with Crippen LogP contribution in [0, 0.1) is 0 Å². The average molecular weight is 336 g/mol. The molecule has 0 aliphatic carbocycles. The quantitative estimate of drug-likeness (QED) is 0.933. The third-order valence-corrected chi connectivity index (χ3v) is 4.26. The number of hydrogen-bond acceptors (Lipinski definition) is 3. The largest absolute Gasteiger partial charge is 0.485 e. The average Bonchev–Trinajstić information content (AvgIpc) is 2.95. The highest BCUT2D eigenvalue weighted by atomic mass is 79.9. The van der Waals surface area contributed by atoms with Crippen LogP contribution in [0.2, 0.25) is 0 Å². The molecule has 2 unspecified atom stereocenters. The minimum atomic E-state index is 0.0569. The molecule has 0 saturated carbocycles. The van der Waals surface area contributed by atoms with Crippen LogP contribution in [0.15, 0.2) is 35.1 Å². The molecule has 0 fully saturated rings. The zero-order valence-electron chi connectivity index (χ0n) is 11.6. The van der Waals surface area contributed by atoms with E-state index in [0.29, 0.717) is 6.04 Å². The lowest BCUT2D eigenvalue weighted by Crippen LogP contribution is -2.26. The second-order valence-corrected chi connectivity index (χ2v) is 5.91. The van der Waals surface area contributed by atoms with E-state index in [1.165, 1.54) is 5.56 Å². The molecule has 4 nitrogen and oxygen atoms in total. The van der Waals surface area contributed by atoms with E-state index in [2.05, 4.69) is 45.5 Å². The lowest BCUT2D eigenvalue weighted by molar-refractivity contribution is 0.154. The number of aromatic nitrogens is 2. The molecule has 0 amide bonds. The summed E-state index contributed by atoms with van der Waals surface area (Å²) in [5.74, 6) is 0.952. The van der Waals surface area contributed by atoms with Crippen LogP contribution >= 0.6 is 15.9 Å². The smallest absolute Gasteiger partial charge is 0.129 e. The fraction of sp³-hybridized carbons (Fsp3) is 0.400. The van der Waals surface area contributed by atoms with Gasteiger partial charge in [-0.2, -0.15) is 5.10 Å². The second-order valence-electron chi connectivity index (χ2n) is 4.99. The van der Waals surface area contributed by atoms with Crippen molar-refractivity contribution in [2.75, 3.05) is 7.05 Å². The number of rotatable bonds is 3. The summed E-state index contributed by atoms with van der Waals surface area (Å²) in [7, 11) is 1.99. The molecule has 1 N–H and O–H groups in total. The molecule has 0 spiro atoms. The normalized spacial score (nSPS) is 21.4. The number of hydrogen-bond donors (Lipinski definition) is 1. The number of ether oxygens (including phenoxy) is 1. The van der Waals surface area contributed by atoms with Gasteiger partial charge in [-0.25, -0.2) is 0 Å². The molecule has 1 aromatic heterocycles. The van der Waals surface area contributed by atoms with Crippen molar-refractivity contribution in [2.24, 2.45) is 0 Å². The molecule has 0 saturated heterocycles. The summed E-state index contributed by atoms with van der Waals surface area (Å²) < 4.78 is 9.16. The maximum Gasteiger partial charge on any atom is 0.129 e. The summed E-state index contributed by atoms with van der Waals surface area (Å²) in [6.45, 7) is 2.97. The van der Waals surface area contributed by atoms with Gasteiger partial charge in [0.25, 0.3) is 0 Å². The zero-order chi connectivity index (χ0) is 14.1. The van der Waals surface area contributed by atoms with E-state index < -0.39 is 0 Å². The van der Waals surface area contributed by atoms with Gasteiger partial charge in [-0.1, -0.05) is 15.9 Å². The van der Waals surface area contributed by atoms with Crippen molar-refractivity contribution in [3.05, 3.63) is 46.2 Å². The minimum absolute atomic E-state index is 0.0569. The molecule has 2 heterocycles. The highest BCUT2D eigenvalue weighted by Gasteiger charge is 2.29. The van der Waals surface area contributed by atoms with Gasteiger partial charge in [0, 0.05) is 40.8 Å². The van der Waals surface area contributed by atoms with Crippen molar-refractivity contribution in [3.8, 4) is 5.75 Å². The number of halogens is 1. The molecule has 106 valence electrons. The van der Waals surface area contributed by atoms with Gasteiger partial charge in [0.15, 0.2) is 0 Å². The van der Waals surface area contributed by atoms with E-state index in [-0.39, 0.29) is 6.10 Å². The first-order valence-electron chi connectivity index (χ1n) is 6.87. The first-order valence-corrected chi connectivity index (χ1v) is 7.66. The second kappa shape index (κ2) is 5.58. The zero-order valence-corrected chi connectivity index (χ0v) is 13.2. The van der Waals surface area contributed by atoms with Gasteiger partial charge in [0.1, 0.15) is 11.9 Å². The summed E-state index contributed by atoms with van der Waals surface area (Å²) in [4.78, 5) is 0. The Bertz CT molecular complexity index is 611. The molecule has 3 rings (SSSR count). The number of nitrogens with one attached hydrogen (secondary N) is 1. The van der Waals surface area contributed by atoms with Crippen molar-refractivity contribution in [1.29, 1.82) is 0 Å². The van der Waals surface area contributed by atoms with Crippen molar-refractivity contribution >= 4 is 15.9 Å². The molecule has 1 aliphatic heterocycles. The standard InChI is InChI=1S/C15H18BrN3O/c1-3-19-9-10(8-18-19)15-7-13(17-2)12-6-11(16)4-5-14(12)20-15/h4-6,8-9,13,15,17H,3,7H2,1-2H3. The van der Waals surface area contributed by atoms with Crippen molar-refractivity contribution < 1.29 is 4.74 Å². The maximum atomic E-state index is 6.15. The molecule has 1 aromatic carbocycles. The van der Waals surface area contributed by atoms with Crippen LogP contribution in [0.3, 0.4) is 0 Å². The molecule has 5 heteroatoms. The predicted molar refractivity (Wildman–Crippen MR) is 81.8 cm³/mol. The Kier molecular flexibility index (Phi) is 3.81. The summed E-state index contributed by atoms with van der Waals surface area (Å²) in [5.41, 5.74) is 2.35. The van der Waals surface area contributed by atoms with Crippen LogP contribution in [-0.4, -0.2) is 16.8 Å². The molecule has 20 heavy (non-hydrogen) atoms. The molecular weight excluding hydrogens is 318 g/mol. The minimum Gasteiger partial charge on any atom is -0.485 e. The van der Waals surface area contributed by atoms with Crippen LogP contribution in [0.1, 0.15) is 36.6 Å². The lowest BCUT2D eigenvalue weighted by Gasteiger charge is -2.31. The first-order chi connectivity index (χ1) is 9.71. The molecule has 0 radical (unpaired) electrons. The lowest BCUT2D eigenvalue weighted by atomic mass is 9.94. The van der Waals surface area contributed by atoms with E-state index >= 15 is 0 Å². The Hall–Kier alpha value is -1.33. The first kappa shape index (κ1) is 13.6. The SMILES string of the molecule is CCn1cc(C2CC(NC)c3cc(Br)ccc3O2)cn1. The number of nitrogens with zero attached hydrogens (tertiary/aromatic N) is 2. The third-order valence-electron chi connectivity index (χ3n) is 3.76. The summed E-state index contributed by atoms with van der Waals surface area (Å²) in [6.07, 6.45) is 4.95.